The van der Waals surface area contributed by atoms with Crippen molar-refractivity contribution >= 4 is 21.6 Å². The van der Waals surface area contributed by atoms with E-state index in [-0.39, 0.29) is 12.3 Å². The first-order valence-corrected chi connectivity index (χ1v) is 6.46. The van der Waals surface area contributed by atoms with Gasteiger partial charge in [-0.15, -0.1) is 0 Å². The van der Waals surface area contributed by atoms with Gasteiger partial charge in [0.2, 0.25) is 0 Å². The number of ether oxygens (including phenoxy) is 1. The van der Waals surface area contributed by atoms with Crippen molar-refractivity contribution < 1.29 is 9.66 Å². The average molecular weight is 333 g/mol. The molecule has 2 aromatic rings. The molecule has 0 saturated carbocycles. The van der Waals surface area contributed by atoms with Crippen molar-refractivity contribution in [3.05, 3.63) is 68.2 Å². The first-order valence-electron chi connectivity index (χ1n) is 5.66. The first kappa shape index (κ1) is 14.0. The maximum absolute atomic E-state index is 10.6. The molecule has 0 aromatic heterocycles. The standard InChI is InChI=1S/C14H9BrN2O3/c15-13-7-12(17(18)19)6-5-11(13)9-20-14-4-2-1-3-10(14)8-16/h1-7H,9H2. The first-order chi connectivity index (χ1) is 9.61. The van der Waals surface area contributed by atoms with Crippen LogP contribution in [0.5, 0.6) is 5.75 Å². The highest BCUT2D eigenvalue weighted by atomic mass is 79.9. The number of hydrogen-bond donors (Lipinski definition) is 0. The molecular formula is C14H9BrN2O3. The monoisotopic (exact) mass is 332 g/mol. The Morgan fingerprint density at radius 2 is 2.05 bits per heavy atom. The molecular weight excluding hydrogens is 324 g/mol. The Hall–Kier alpha value is -2.39. The normalized spacial score (nSPS) is 9.80. The third-order valence-electron chi connectivity index (χ3n) is 2.64. The minimum atomic E-state index is -0.458. The van der Waals surface area contributed by atoms with Gasteiger partial charge in [0.25, 0.3) is 5.69 Å². The van der Waals surface area contributed by atoms with Crippen molar-refractivity contribution in [1.82, 2.24) is 0 Å². The van der Waals surface area contributed by atoms with Gasteiger partial charge in [0.15, 0.2) is 0 Å². The highest BCUT2D eigenvalue weighted by molar-refractivity contribution is 9.10. The second-order valence-corrected chi connectivity index (χ2v) is 4.78. The smallest absolute Gasteiger partial charge is 0.270 e. The van der Waals surface area contributed by atoms with Crippen LogP contribution in [0.15, 0.2) is 46.9 Å². The van der Waals surface area contributed by atoms with E-state index in [9.17, 15) is 10.1 Å². The minimum Gasteiger partial charge on any atom is -0.487 e. The van der Waals surface area contributed by atoms with Crippen molar-refractivity contribution in [3.63, 3.8) is 0 Å². The van der Waals surface area contributed by atoms with Crippen LogP contribution >= 0.6 is 15.9 Å². The Morgan fingerprint density at radius 1 is 1.30 bits per heavy atom. The van der Waals surface area contributed by atoms with Crippen LogP contribution in [0.2, 0.25) is 0 Å². The van der Waals surface area contributed by atoms with Crippen LogP contribution in [-0.2, 0) is 6.61 Å². The van der Waals surface area contributed by atoms with E-state index in [0.29, 0.717) is 15.8 Å². The van der Waals surface area contributed by atoms with Gasteiger partial charge in [-0.25, -0.2) is 0 Å². The van der Waals surface area contributed by atoms with Crippen molar-refractivity contribution in [2.45, 2.75) is 6.61 Å². The lowest BCUT2D eigenvalue weighted by Crippen LogP contribution is -1.99. The molecule has 0 amide bonds. The van der Waals surface area contributed by atoms with E-state index in [2.05, 4.69) is 15.9 Å². The largest absolute Gasteiger partial charge is 0.487 e. The molecule has 0 bridgehead atoms. The maximum Gasteiger partial charge on any atom is 0.270 e. The van der Waals surface area contributed by atoms with E-state index in [1.165, 1.54) is 12.1 Å². The molecule has 0 heterocycles. The summed E-state index contributed by atoms with van der Waals surface area (Å²) in [5.74, 6) is 0.486. The number of non-ortho nitro benzene ring substituents is 1. The fourth-order valence-corrected chi connectivity index (χ4v) is 2.09. The average Bonchev–Trinajstić information content (AvgIpc) is 2.46. The fourth-order valence-electron chi connectivity index (χ4n) is 1.61. The summed E-state index contributed by atoms with van der Waals surface area (Å²) >= 11 is 3.28. The van der Waals surface area contributed by atoms with E-state index >= 15 is 0 Å². The maximum atomic E-state index is 10.6. The number of halogens is 1. The van der Waals surface area contributed by atoms with Crippen molar-refractivity contribution in [2.24, 2.45) is 0 Å². The fraction of sp³-hybridized carbons (Fsp3) is 0.0714. The Labute approximate surface area is 123 Å². The summed E-state index contributed by atoms with van der Waals surface area (Å²) in [6.07, 6.45) is 0. The molecule has 2 rings (SSSR count). The third-order valence-corrected chi connectivity index (χ3v) is 3.38. The molecule has 2 aromatic carbocycles. The van der Waals surface area contributed by atoms with Gasteiger partial charge in [0.05, 0.1) is 10.5 Å². The van der Waals surface area contributed by atoms with Gasteiger partial charge >= 0.3 is 0 Å². The number of rotatable bonds is 4. The number of benzene rings is 2. The second kappa shape index (κ2) is 6.17. The lowest BCUT2D eigenvalue weighted by molar-refractivity contribution is -0.384. The van der Waals surface area contributed by atoms with Crippen molar-refractivity contribution in [3.8, 4) is 11.8 Å². The third kappa shape index (κ3) is 3.13. The Morgan fingerprint density at radius 3 is 2.70 bits per heavy atom. The summed E-state index contributed by atoms with van der Waals surface area (Å²) in [4.78, 5) is 10.2. The van der Waals surface area contributed by atoms with E-state index in [1.54, 1.807) is 30.3 Å². The SMILES string of the molecule is N#Cc1ccccc1OCc1ccc([N+](=O)[O-])cc1Br. The number of nitro groups is 1. The molecule has 0 aliphatic heterocycles. The molecule has 0 atom stereocenters. The lowest BCUT2D eigenvalue weighted by Gasteiger charge is -2.09. The van der Waals surface area contributed by atoms with Crippen molar-refractivity contribution in [2.75, 3.05) is 0 Å². The van der Waals surface area contributed by atoms with Gasteiger partial charge < -0.3 is 4.74 Å². The van der Waals surface area contributed by atoms with Gasteiger partial charge in [-0.1, -0.05) is 28.1 Å². The van der Waals surface area contributed by atoms with E-state index in [1.807, 2.05) is 6.07 Å². The van der Waals surface area contributed by atoms with Gasteiger partial charge in [0, 0.05) is 22.2 Å². The Balaban J connectivity index is 2.16. The number of nitro benzene ring substituents is 1. The Kier molecular flexibility index (Phi) is 4.33. The van der Waals surface area contributed by atoms with Crippen molar-refractivity contribution in [1.29, 1.82) is 5.26 Å². The summed E-state index contributed by atoms with van der Waals surface area (Å²) in [5.41, 5.74) is 1.23. The number of hydrogen-bond acceptors (Lipinski definition) is 4. The number of nitriles is 1. The molecule has 6 heteroatoms. The van der Waals surface area contributed by atoms with Crippen LogP contribution in [0.1, 0.15) is 11.1 Å². The highest BCUT2D eigenvalue weighted by Crippen LogP contribution is 2.25. The zero-order chi connectivity index (χ0) is 14.5. The summed E-state index contributed by atoms with van der Waals surface area (Å²) in [6.45, 7) is 0.220. The predicted molar refractivity (Wildman–Crippen MR) is 76.3 cm³/mol. The number of para-hydroxylation sites is 1. The minimum absolute atomic E-state index is 0.0121. The summed E-state index contributed by atoms with van der Waals surface area (Å²) in [6, 6.07) is 13.4. The topological polar surface area (TPSA) is 76.2 Å². The summed E-state index contributed by atoms with van der Waals surface area (Å²) in [7, 11) is 0. The molecule has 20 heavy (non-hydrogen) atoms. The molecule has 0 aliphatic carbocycles. The molecule has 100 valence electrons. The Bertz CT molecular complexity index is 695. The molecule has 0 fully saturated rings. The summed E-state index contributed by atoms with van der Waals surface area (Å²) < 4.78 is 6.17. The molecule has 0 radical (unpaired) electrons. The quantitative estimate of drug-likeness (QED) is 0.630. The highest BCUT2D eigenvalue weighted by Gasteiger charge is 2.10. The number of nitrogens with zero attached hydrogens (tertiary/aromatic N) is 2. The van der Waals surface area contributed by atoms with Gasteiger partial charge in [-0.3, -0.25) is 10.1 Å². The van der Waals surface area contributed by atoms with Crippen LogP contribution < -0.4 is 4.74 Å². The van der Waals surface area contributed by atoms with Crippen LogP contribution in [0.25, 0.3) is 0 Å². The molecule has 0 aliphatic rings. The van der Waals surface area contributed by atoms with Gasteiger partial charge in [0.1, 0.15) is 18.4 Å². The summed E-state index contributed by atoms with van der Waals surface area (Å²) in [5, 5.41) is 19.6. The van der Waals surface area contributed by atoms with E-state index in [0.717, 1.165) is 5.56 Å². The van der Waals surface area contributed by atoms with Gasteiger partial charge in [-0.05, 0) is 18.2 Å². The molecule has 0 spiro atoms. The zero-order valence-corrected chi connectivity index (χ0v) is 11.8. The van der Waals surface area contributed by atoms with Crippen LogP contribution in [0.4, 0.5) is 5.69 Å². The van der Waals surface area contributed by atoms with Gasteiger partial charge in [-0.2, -0.15) is 5.26 Å². The lowest BCUT2D eigenvalue weighted by atomic mass is 10.2. The van der Waals surface area contributed by atoms with Crippen LogP contribution in [0.3, 0.4) is 0 Å². The predicted octanol–water partition coefficient (Wildman–Crippen LogP) is 3.81. The molecule has 0 N–H and O–H groups in total. The van der Waals surface area contributed by atoms with Crippen LogP contribution in [-0.4, -0.2) is 4.92 Å². The molecule has 5 nitrogen and oxygen atoms in total. The van der Waals surface area contributed by atoms with E-state index in [4.69, 9.17) is 10.00 Å². The van der Waals surface area contributed by atoms with Crippen LogP contribution in [0, 0.1) is 21.4 Å². The zero-order valence-electron chi connectivity index (χ0n) is 10.2. The molecule has 0 unspecified atom stereocenters. The van der Waals surface area contributed by atoms with E-state index < -0.39 is 4.92 Å². The second-order valence-electron chi connectivity index (χ2n) is 3.93. The molecule has 0 saturated heterocycles.